The number of nitrogens with zero attached hydrogens (tertiary/aromatic N) is 2. The third-order valence-corrected chi connectivity index (χ3v) is 2.97. The van der Waals surface area contributed by atoms with Crippen LogP contribution >= 0.6 is 0 Å². The first-order valence-electron chi connectivity index (χ1n) is 6.94. The summed E-state index contributed by atoms with van der Waals surface area (Å²) < 4.78 is 54.0. The zero-order chi connectivity index (χ0) is 19.3. The number of carbonyl (C=O) groups excluding carboxylic acids is 1. The minimum atomic E-state index is -4.30. The Labute approximate surface area is 143 Å². The van der Waals surface area contributed by atoms with Crippen molar-refractivity contribution in [1.29, 1.82) is 0 Å². The molecule has 0 spiro atoms. The second-order valence-corrected chi connectivity index (χ2v) is 4.93. The van der Waals surface area contributed by atoms with Gasteiger partial charge in [0, 0.05) is 12.3 Å². The van der Waals surface area contributed by atoms with E-state index in [1.54, 1.807) is 0 Å². The van der Waals surface area contributed by atoms with Crippen LogP contribution in [-0.4, -0.2) is 45.9 Å². The summed E-state index contributed by atoms with van der Waals surface area (Å²) in [4.78, 5) is 29.9. The molecule has 2 aromatic heterocycles. The fourth-order valence-electron chi connectivity index (χ4n) is 1.63. The average Bonchev–Trinajstić information content (AvgIpc) is 2.61. The molecule has 26 heavy (non-hydrogen) atoms. The van der Waals surface area contributed by atoms with Gasteiger partial charge in [-0.2, -0.15) is 8.78 Å². The second-order valence-electron chi connectivity index (χ2n) is 4.93. The van der Waals surface area contributed by atoms with E-state index in [1.807, 2.05) is 0 Å². The Kier molecular flexibility index (Phi) is 5.70. The SMILES string of the molecule is O=C(Nc1ccc(OCC(F)(F)C(F)F)nc1)c1ccc(C(=O)O)nc1. The first-order chi connectivity index (χ1) is 12.2. The van der Waals surface area contributed by atoms with E-state index in [0.717, 1.165) is 24.5 Å². The van der Waals surface area contributed by atoms with Crippen LogP contribution in [0.15, 0.2) is 36.7 Å². The minimum Gasteiger partial charge on any atom is -0.477 e. The van der Waals surface area contributed by atoms with E-state index in [1.165, 1.54) is 12.1 Å². The van der Waals surface area contributed by atoms with Crippen LogP contribution < -0.4 is 10.1 Å². The molecule has 0 aliphatic heterocycles. The number of carboxylic acids is 1. The monoisotopic (exact) mass is 373 g/mol. The van der Waals surface area contributed by atoms with Crippen LogP contribution in [0.4, 0.5) is 23.2 Å². The van der Waals surface area contributed by atoms with E-state index in [-0.39, 0.29) is 22.8 Å². The maximum Gasteiger partial charge on any atom is 0.354 e. The van der Waals surface area contributed by atoms with Gasteiger partial charge in [-0.25, -0.2) is 23.5 Å². The molecule has 0 aliphatic rings. The second kappa shape index (κ2) is 7.76. The van der Waals surface area contributed by atoms with Gasteiger partial charge in [0.15, 0.2) is 6.61 Å². The lowest BCUT2D eigenvalue weighted by atomic mass is 10.2. The molecular formula is C15H11F4N3O4. The highest BCUT2D eigenvalue weighted by molar-refractivity contribution is 6.04. The number of alkyl halides is 4. The number of hydrogen-bond acceptors (Lipinski definition) is 5. The normalized spacial score (nSPS) is 11.3. The third kappa shape index (κ3) is 4.88. The zero-order valence-electron chi connectivity index (χ0n) is 12.8. The average molecular weight is 373 g/mol. The van der Waals surface area contributed by atoms with Crippen molar-refractivity contribution >= 4 is 17.6 Å². The fraction of sp³-hybridized carbons (Fsp3) is 0.200. The number of ether oxygens (including phenoxy) is 1. The van der Waals surface area contributed by atoms with Crippen molar-refractivity contribution in [2.45, 2.75) is 12.3 Å². The Morgan fingerprint density at radius 2 is 1.88 bits per heavy atom. The van der Waals surface area contributed by atoms with Crippen molar-refractivity contribution in [3.05, 3.63) is 47.9 Å². The van der Waals surface area contributed by atoms with Crippen LogP contribution in [0.3, 0.4) is 0 Å². The summed E-state index contributed by atoms with van der Waals surface area (Å²) in [5.41, 5.74) is 0.0162. The van der Waals surface area contributed by atoms with Crippen molar-refractivity contribution < 1.29 is 37.0 Å². The molecule has 0 fully saturated rings. The van der Waals surface area contributed by atoms with Crippen molar-refractivity contribution in [1.82, 2.24) is 9.97 Å². The molecule has 0 aromatic carbocycles. The molecule has 0 unspecified atom stereocenters. The van der Waals surface area contributed by atoms with Gasteiger partial charge < -0.3 is 15.2 Å². The summed E-state index contributed by atoms with van der Waals surface area (Å²) in [6.45, 7) is -1.54. The molecular weight excluding hydrogens is 362 g/mol. The number of aromatic nitrogens is 2. The van der Waals surface area contributed by atoms with E-state index in [9.17, 15) is 27.2 Å². The molecule has 2 N–H and O–H groups in total. The zero-order valence-corrected chi connectivity index (χ0v) is 12.8. The molecule has 2 aromatic rings. The number of amides is 1. The molecule has 2 rings (SSSR count). The van der Waals surface area contributed by atoms with Crippen molar-refractivity contribution in [3.63, 3.8) is 0 Å². The molecule has 1 amide bonds. The predicted octanol–water partition coefficient (Wildman–Crippen LogP) is 2.71. The van der Waals surface area contributed by atoms with Crippen LogP contribution in [0.5, 0.6) is 5.88 Å². The molecule has 0 saturated carbocycles. The van der Waals surface area contributed by atoms with Gasteiger partial charge in [-0.05, 0) is 18.2 Å². The standard InChI is InChI=1S/C15H11F4N3O4/c16-14(17)15(18,19)7-26-11-4-2-9(6-21-11)22-12(23)8-1-3-10(13(24)25)20-5-8/h1-6,14H,7H2,(H,22,23)(H,24,25). The minimum absolute atomic E-state index is 0.0758. The van der Waals surface area contributed by atoms with Crippen LogP contribution in [0, 0.1) is 0 Å². The Morgan fingerprint density at radius 1 is 1.15 bits per heavy atom. The number of anilines is 1. The van der Waals surface area contributed by atoms with E-state index >= 15 is 0 Å². The molecule has 0 bridgehead atoms. The van der Waals surface area contributed by atoms with E-state index in [4.69, 9.17) is 5.11 Å². The predicted molar refractivity (Wildman–Crippen MR) is 79.8 cm³/mol. The summed E-state index contributed by atoms with van der Waals surface area (Å²) in [5.74, 6) is -6.48. The van der Waals surface area contributed by atoms with E-state index in [2.05, 4.69) is 20.0 Å². The van der Waals surface area contributed by atoms with Gasteiger partial charge in [0.25, 0.3) is 5.91 Å². The molecule has 7 nitrogen and oxygen atoms in total. The molecule has 0 atom stereocenters. The fourth-order valence-corrected chi connectivity index (χ4v) is 1.63. The summed E-state index contributed by atoms with van der Waals surface area (Å²) in [6.07, 6.45) is -1.72. The van der Waals surface area contributed by atoms with Gasteiger partial charge in [-0.3, -0.25) is 4.79 Å². The quantitative estimate of drug-likeness (QED) is 0.724. The molecule has 2 heterocycles. The maximum atomic E-state index is 12.7. The summed E-state index contributed by atoms with van der Waals surface area (Å²) in [5, 5.41) is 11.1. The van der Waals surface area contributed by atoms with E-state index < -0.39 is 30.8 Å². The van der Waals surface area contributed by atoms with Gasteiger partial charge in [-0.1, -0.05) is 0 Å². The van der Waals surface area contributed by atoms with Crippen LogP contribution in [-0.2, 0) is 0 Å². The summed E-state index contributed by atoms with van der Waals surface area (Å²) >= 11 is 0. The number of nitrogens with one attached hydrogen (secondary N) is 1. The van der Waals surface area contributed by atoms with Gasteiger partial charge >= 0.3 is 18.3 Å². The lowest BCUT2D eigenvalue weighted by molar-refractivity contribution is -0.148. The number of carboxylic acid groups (broad SMARTS) is 1. The van der Waals surface area contributed by atoms with Crippen molar-refractivity contribution in [2.75, 3.05) is 11.9 Å². The van der Waals surface area contributed by atoms with Crippen LogP contribution in [0.2, 0.25) is 0 Å². The Morgan fingerprint density at radius 3 is 2.38 bits per heavy atom. The smallest absolute Gasteiger partial charge is 0.354 e. The molecule has 0 aliphatic carbocycles. The number of halogens is 4. The Bertz CT molecular complexity index is 782. The highest BCUT2D eigenvalue weighted by Crippen LogP contribution is 2.24. The van der Waals surface area contributed by atoms with Gasteiger partial charge in [-0.15, -0.1) is 0 Å². The van der Waals surface area contributed by atoms with Gasteiger partial charge in [0.2, 0.25) is 5.88 Å². The first-order valence-corrected chi connectivity index (χ1v) is 6.94. The largest absolute Gasteiger partial charge is 0.477 e. The number of aromatic carboxylic acids is 1. The van der Waals surface area contributed by atoms with Crippen molar-refractivity contribution in [2.24, 2.45) is 0 Å². The van der Waals surface area contributed by atoms with Crippen LogP contribution in [0.1, 0.15) is 20.8 Å². The molecule has 0 saturated heterocycles. The van der Waals surface area contributed by atoms with E-state index in [0.29, 0.717) is 0 Å². The lowest BCUT2D eigenvalue weighted by Gasteiger charge is -2.15. The topological polar surface area (TPSA) is 101 Å². The van der Waals surface area contributed by atoms with Gasteiger partial charge in [0.1, 0.15) is 5.69 Å². The number of carbonyl (C=O) groups is 2. The third-order valence-electron chi connectivity index (χ3n) is 2.97. The van der Waals surface area contributed by atoms with Crippen molar-refractivity contribution in [3.8, 4) is 5.88 Å². The van der Waals surface area contributed by atoms with Gasteiger partial charge in [0.05, 0.1) is 17.4 Å². The summed E-state index contributed by atoms with van der Waals surface area (Å²) in [6, 6.07) is 4.78. The molecule has 0 radical (unpaired) electrons. The maximum absolute atomic E-state index is 12.7. The molecule has 138 valence electrons. The highest BCUT2D eigenvalue weighted by atomic mass is 19.3. The number of hydrogen-bond donors (Lipinski definition) is 2. The number of pyridine rings is 2. The Hall–Kier alpha value is -3.24. The molecule has 11 heteroatoms. The van der Waals surface area contributed by atoms with Crippen LogP contribution in [0.25, 0.3) is 0 Å². The Balaban J connectivity index is 1.96. The lowest BCUT2D eigenvalue weighted by Crippen LogP contribution is -2.33. The highest BCUT2D eigenvalue weighted by Gasteiger charge is 2.41. The number of rotatable bonds is 7. The first kappa shape index (κ1) is 19.1. The summed E-state index contributed by atoms with van der Waals surface area (Å²) in [7, 11) is 0.